The number of amides is 1. The standard InChI is InChI=1S/C12H11NO2/c1-3-8-5-10-11(6-9(8)4-2)15-7-12(14)13-10/h3-6H,1-2,7H2,(H,13,14). The highest BCUT2D eigenvalue weighted by Gasteiger charge is 2.16. The largest absolute Gasteiger partial charge is 0.482 e. The van der Waals surface area contributed by atoms with Gasteiger partial charge in [0.25, 0.3) is 5.91 Å². The monoisotopic (exact) mass is 201 g/mol. The quantitative estimate of drug-likeness (QED) is 0.797. The lowest BCUT2D eigenvalue weighted by Crippen LogP contribution is -2.25. The first-order chi connectivity index (χ1) is 7.24. The fraction of sp³-hybridized carbons (Fsp3) is 0.0833. The highest BCUT2D eigenvalue weighted by Crippen LogP contribution is 2.31. The molecular formula is C12H11NO2. The number of carbonyl (C=O) groups excluding carboxylic acids is 1. The maximum Gasteiger partial charge on any atom is 0.262 e. The van der Waals surface area contributed by atoms with E-state index in [1.54, 1.807) is 12.2 Å². The lowest BCUT2D eigenvalue weighted by atomic mass is 10.1. The van der Waals surface area contributed by atoms with Crippen molar-refractivity contribution in [1.82, 2.24) is 0 Å². The molecule has 15 heavy (non-hydrogen) atoms. The number of fused-ring (bicyclic) bond motifs is 1. The minimum Gasteiger partial charge on any atom is -0.482 e. The number of hydrogen-bond donors (Lipinski definition) is 1. The van der Waals surface area contributed by atoms with Gasteiger partial charge in [0.2, 0.25) is 0 Å². The van der Waals surface area contributed by atoms with E-state index in [4.69, 9.17) is 4.74 Å². The van der Waals surface area contributed by atoms with Gasteiger partial charge in [-0.25, -0.2) is 0 Å². The van der Waals surface area contributed by atoms with Gasteiger partial charge in [0.1, 0.15) is 5.75 Å². The number of carbonyl (C=O) groups is 1. The summed E-state index contributed by atoms with van der Waals surface area (Å²) in [7, 11) is 0. The minimum atomic E-state index is -0.135. The Morgan fingerprint density at radius 1 is 1.27 bits per heavy atom. The number of anilines is 1. The summed E-state index contributed by atoms with van der Waals surface area (Å²) in [6, 6.07) is 3.68. The smallest absolute Gasteiger partial charge is 0.262 e. The summed E-state index contributed by atoms with van der Waals surface area (Å²) in [6.07, 6.45) is 3.45. The van der Waals surface area contributed by atoms with Gasteiger partial charge in [-0.05, 0) is 23.3 Å². The fourth-order valence-electron chi connectivity index (χ4n) is 1.51. The van der Waals surface area contributed by atoms with Crippen molar-refractivity contribution in [2.75, 3.05) is 11.9 Å². The van der Waals surface area contributed by atoms with E-state index in [1.165, 1.54) is 0 Å². The molecule has 1 aromatic carbocycles. The van der Waals surface area contributed by atoms with E-state index in [9.17, 15) is 4.79 Å². The maximum absolute atomic E-state index is 11.1. The summed E-state index contributed by atoms with van der Waals surface area (Å²) in [4.78, 5) is 11.1. The van der Waals surface area contributed by atoms with Crippen LogP contribution in [-0.2, 0) is 4.79 Å². The predicted octanol–water partition coefficient (Wildman–Crippen LogP) is 2.30. The number of benzene rings is 1. The van der Waals surface area contributed by atoms with Gasteiger partial charge in [-0.1, -0.05) is 25.3 Å². The second-order valence-electron chi connectivity index (χ2n) is 3.22. The van der Waals surface area contributed by atoms with Crippen molar-refractivity contribution in [2.24, 2.45) is 0 Å². The molecule has 0 unspecified atom stereocenters. The molecule has 0 aromatic heterocycles. The highest BCUT2D eigenvalue weighted by molar-refractivity contribution is 5.96. The van der Waals surface area contributed by atoms with Crippen LogP contribution in [0.2, 0.25) is 0 Å². The Bertz CT molecular complexity index is 449. The van der Waals surface area contributed by atoms with Crippen LogP contribution >= 0.6 is 0 Å². The normalized spacial score (nSPS) is 13.5. The average Bonchev–Trinajstić information content (AvgIpc) is 2.27. The van der Waals surface area contributed by atoms with E-state index in [-0.39, 0.29) is 12.5 Å². The minimum absolute atomic E-state index is 0.0665. The summed E-state index contributed by atoms with van der Waals surface area (Å²) in [5.74, 6) is 0.541. The second-order valence-corrected chi connectivity index (χ2v) is 3.22. The fourth-order valence-corrected chi connectivity index (χ4v) is 1.51. The molecular weight excluding hydrogens is 190 g/mol. The summed E-state index contributed by atoms with van der Waals surface area (Å²) < 4.78 is 5.28. The molecule has 0 atom stereocenters. The molecule has 1 N–H and O–H groups in total. The maximum atomic E-state index is 11.1. The zero-order valence-corrected chi connectivity index (χ0v) is 8.25. The summed E-state index contributed by atoms with van der Waals surface area (Å²) >= 11 is 0. The SMILES string of the molecule is C=Cc1cc2c(cc1C=C)OCC(=O)N2. The Morgan fingerprint density at radius 2 is 1.93 bits per heavy atom. The lowest BCUT2D eigenvalue weighted by Gasteiger charge is -2.19. The Balaban J connectivity index is 2.54. The summed E-state index contributed by atoms with van der Waals surface area (Å²) in [5.41, 5.74) is 2.56. The van der Waals surface area contributed by atoms with E-state index in [0.29, 0.717) is 11.4 Å². The van der Waals surface area contributed by atoms with Gasteiger partial charge in [-0.3, -0.25) is 4.79 Å². The van der Waals surface area contributed by atoms with E-state index in [0.717, 1.165) is 11.1 Å². The van der Waals surface area contributed by atoms with E-state index in [1.807, 2.05) is 12.1 Å². The topological polar surface area (TPSA) is 38.3 Å². The zero-order chi connectivity index (χ0) is 10.8. The molecule has 0 aliphatic carbocycles. The number of hydrogen-bond acceptors (Lipinski definition) is 2. The summed E-state index contributed by atoms with van der Waals surface area (Å²) in [5, 5.41) is 2.74. The average molecular weight is 201 g/mol. The van der Waals surface area contributed by atoms with Crippen molar-refractivity contribution < 1.29 is 9.53 Å². The molecule has 0 fully saturated rings. The Hall–Kier alpha value is -2.03. The van der Waals surface area contributed by atoms with Crippen molar-refractivity contribution in [3.8, 4) is 5.75 Å². The van der Waals surface area contributed by atoms with Gasteiger partial charge in [-0.2, -0.15) is 0 Å². The van der Waals surface area contributed by atoms with Crippen molar-refractivity contribution in [2.45, 2.75) is 0 Å². The van der Waals surface area contributed by atoms with Crippen LogP contribution in [0.3, 0.4) is 0 Å². The molecule has 1 aromatic rings. The van der Waals surface area contributed by atoms with Crippen LogP contribution in [0.15, 0.2) is 25.3 Å². The first kappa shape index (κ1) is 9.52. The predicted molar refractivity (Wildman–Crippen MR) is 60.7 cm³/mol. The number of nitrogens with one attached hydrogen (secondary N) is 1. The second kappa shape index (κ2) is 3.61. The Morgan fingerprint density at radius 3 is 2.60 bits per heavy atom. The molecule has 2 rings (SSSR count). The van der Waals surface area contributed by atoms with Crippen LogP contribution in [0.5, 0.6) is 5.75 Å². The molecule has 3 nitrogen and oxygen atoms in total. The van der Waals surface area contributed by atoms with Gasteiger partial charge < -0.3 is 10.1 Å². The number of ether oxygens (including phenoxy) is 1. The van der Waals surface area contributed by atoms with Gasteiger partial charge >= 0.3 is 0 Å². The highest BCUT2D eigenvalue weighted by atomic mass is 16.5. The molecule has 1 aliphatic rings. The van der Waals surface area contributed by atoms with Crippen LogP contribution in [0, 0.1) is 0 Å². The molecule has 1 aliphatic heterocycles. The van der Waals surface area contributed by atoms with E-state index in [2.05, 4.69) is 18.5 Å². The molecule has 76 valence electrons. The van der Waals surface area contributed by atoms with Crippen LogP contribution in [0.25, 0.3) is 12.2 Å². The van der Waals surface area contributed by atoms with Gasteiger partial charge in [0.15, 0.2) is 6.61 Å². The zero-order valence-electron chi connectivity index (χ0n) is 8.25. The van der Waals surface area contributed by atoms with Crippen LogP contribution in [-0.4, -0.2) is 12.5 Å². The lowest BCUT2D eigenvalue weighted by molar-refractivity contribution is -0.118. The summed E-state index contributed by atoms with van der Waals surface area (Å²) in [6.45, 7) is 7.49. The van der Waals surface area contributed by atoms with Crippen molar-refractivity contribution in [3.63, 3.8) is 0 Å². The molecule has 0 bridgehead atoms. The first-order valence-electron chi connectivity index (χ1n) is 4.60. The van der Waals surface area contributed by atoms with Crippen molar-refractivity contribution >= 4 is 23.7 Å². The Kier molecular flexibility index (Phi) is 2.29. The molecule has 0 spiro atoms. The Labute approximate surface area is 88.1 Å². The van der Waals surface area contributed by atoms with Crippen LogP contribution in [0.4, 0.5) is 5.69 Å². The van der Waals surface area contributed by atoms with Crippen molar-refractivity contribution in [3.05, 3.63) is 36.4 Å². The first-order valence-corrected chi connectivity index (χ1v) is 4.60. The van der Waals surface area contributed by atoms with E-state index < -0.39 is 0 Å². The van der Waals surface area contributed by atoms with Crippen LogP contribution < -0.4 is 10.1 Å². The molecule has 1 heterocycles. The third-order valence-electron chi connectivity index (χ3n) is 2.26. The van der Waals surface area contributed by atoms with Crippen molar-refractivity contribution in [1.29, 1.82) is 0 Å². The van der Waals surface area contributed by atoms with E-state index >= 15 is 0 Å². The third-order valence-corrected chi connectivity index (χ3v) is 2.26. The molecule has 3 heteroatoms. The van der Waals surface area contributed by atoms with Gasteiger partial charge in [-0.15, -0.1) is 0 Å². The molecule has 1 amide bonds. The third kappa shape index (κ3) is 1.64. The molecule has 0 saturated carbocycles. The number of rotatable bonds is 2. The van der Waals surface area contributed by atoms with Gasteiger partial charge in [0, 0.05) is 0 Å². The van der Waals surface area contributed by atoms with Crippen LogP contribution in [0.1, 0.15) is 11.1 Å². The molecule has 0 radical (unpaired) electrons. The van der Waals surface area contributed by atoms with Gasteiger partial charge in [0.05, 0.1) is 5.69 Å². The molecule has 0 saturated heterocycles.